The Kier molecular flexibility index (Phi) is 3.56. The average molecular weight is 196 g/mol. The van der Waals surface area contributed by atoms with Crippen LogP contribution >= 0.6 is 0 Å². The van der Waals surface area contributed by atoms with Crippen LogP contribution in [0, 0.1) is 5.92 Å². The lowest BCUT2D eigenvalue weighted by atomic mass is 10.1. The minimum absolute atomic E-state index is 0.154. The molecule has 0 bridgehead atoms. The molecule has 78 valence electrons. The molecule has 0 aromatic carbocycles. The molecule has 14 heavy (non-hydrogen) atoms. The van der Waals surface area contributed by atoms with Gasteiger partial charge in [0.05, 0.1) is 0 Å². The number of aromatic nitrogens is 1. The Labute approximate surface area is 83.5 Å². The van der Waals surface area contributed by atoms with E-state index in [0.29, 0.717) is 0 Å². The van der Waals surface area contributed by atoms with Crippen molar-refractivity contribution in [3.05, 3.63) is 18.3 Å². The molecule has 1 heterocycles. The van der Waals surface area contributed by atoms with E-state index in [-0.39, 0.29) is 12.3 Å². The number of nitrogens with zero attached hydrogens (tertiary/aromatic N) is 1. The molecular weight excluding hydrogens is 180 g/mol. The molecule has 1 rings (SSSR count). The first-order valence-electron chi connectivity index (χ1n) is 4.66. The topological polar surface area (TPSA) is 56.3 Å². The summed E-state index contributed by atoms with van der Waals surface area (Å²) in [6, 6.07) is 3.89. The summed E-state index contributed by atoms with van der Waals surface area (Å²) in [4.78, 5) is 15.5. The van der Waals surface area contributed by atoms with Gasteiger partial charge in [-0.3, -0.25) is 4.79 Å². The smallest absolute Gasteiger partial charge is 0.303 e. The number of hydrogen-bond donors (Lipinski definition) is 2. The molecule has 0 aliphatic heterocycles. The summed E-state index contributed by atoms with van der Waals surface area (Å²) in [5.74, 6) is 0.431. The summed E-state index contributed by atoms with van der Waals surface area (Å²) in [5.41, 5.74) is 0. The lowest BCUT2D eigenvalue weighted by Crippen LogP contribution is -2.25. The van der Waals surface area contributed by atoms with Crippen molar-refractivity contribution in [3.63, 3.8) is 0 Å². The molecule has 0 aliphatic carbocycles. The first-order valence-corrected chi connectivity index (χ1v) is 4.66. The van der Waals surface area contributed by atoms with E-state index in [1.807, 2.05) is 37.2 Å². The highest BCUT2D eigenvalue weighted by Gasteiger charge is 2.10. The second kappa shape index (κ2) is 4.69. The highest BCUT2D eigenvalue weighted by atomic mass is 16.4. The molecule has 1 unspecified atom stereocenters. The lowest BCUT2D eigenvalue weighted by Gasteiger charge is -2.20. The molecule has 0 radical (unpaired) electrons. The largest absolute Gasteiger partial charge is 0.481 e. The Morgan fingerprint density at radius 2 is 2.43 bits per heavy atom. The molecule has 1 atom stereocenters. The number of carboxylic acid groups (broad SMARTS) is 1. The fourth-order valence-corrected chi connectivity index (χ4v) is 1.49. The van der Waals surface area contributed by atoms with Crippen molar-refractivity contribution in [3.8, 4) is 0 Å². The van der Waals surface area contributed by atoms with Gasteiger partial charge < -0.3 is 15.0 Å². The van der Waals surface area contributed by atoms with Crippen molar-refractivity contribution in [1.29, 1.82) is 0 Å². The van der Waals surface area contributed by atoms with E-state index in [4.69, 9.17) is 5.11 Å². The standard InChI is InChI=1S/C10H16N2O2/c1-8(6-10(13)14)7-12(2)9-4-3-5-11-9/h3-5,8,11H,6-7H2,1-2H3,(H,13,14). The van der Waals surface area contributed by atoms with E-state index >= 15 is 0 Å². The number of carbonyl (C=O) groups is 1. The maximum atomic E-state index is 10.5. The third-order valence-electron chi connectivity index (χ3n) is 2.10. The van der Waals surface area contributed by atoms with E-state index in [1.54, 1.807) is 0 Å². The number of H-pyrrole nitrogens is 1. The van der Waals surface area contributed by atoms with Gasteiger partial charge in [0.2, 0.25) is 0 Å². The zero-order chi connectivity index (χ0) is 10.6. The van der Waals surface area contributed by atoms with Crippen LogP contribution in [0.4, 0.5) is 5.82 Å². The first-order chi connectivity index (χ1) is 6.59. The molecule has 0 aliphatic rings. The van der Waals surface area contributed by atoms with Gasteiger partial charge in [-0.15, -0.1) is 0 Å². The number of aromatic amines is 1. The second-order valence-corrected chi connectivity index (χ2v) is 3.64. The van der Waals surface area contributed by atoms with Crippen molar-refractivity contribution < 1.29 is 9.90 Å². The zero-order valence-corrected chi connectivity index (χ0v) is 8.53. The van der Waals surface area contributed by atoms with Crippen LogP contribution in [0.2, 0.25) is 0 Å². The summed E-state index contributed by atoms with van der Waals surface area (Å²) in [6.07, 6.45) is 2.07. The fraction of sp³-hybridized carbons (Fsp3) is 0.500. The van der Waals surface area contributed by atoms with Gasteiger partial charge in [-0.25, -0.2) is 0 Å². The van der Waals surface area contributed by atoms with Crippen LogP contribution < -0.4 is 4.90 Å². The van der Waals surface area contributed by atoms with E-state index in [2.05, 4.69) is 4.98 Å². The van der Waals surface area contributed by atoms with Crippen LogP contribution in [0.25, 0.3) is 0 Å². The number of anilines is 1. The second-order valence-electron chi connectivity index (χ2n) is 3.64. The first kappa shape index (κ1) is 10.6. The number of aliphatic carboxylic acids is 1. The third kappa shape index (κ3) is 3.12. The Bertz CT molecular complexity index is 282. The SMILES string of the molecule is CC(CC(=O)O)CN(C)c1ccc[nH]1. The molecule has 4 nitrogen and oxygen atoms in total. The van der Waals surface area contributed by atoms with Crippen molar-refractivity contribution in [2.24, 2.45) is 5.92 Å². The quantitative estimate of drug-likeness (QED) is 0.751. The molecule has 0 fully saturated rings. The summed E-state index contributed by atoms with van der Waals surface area (Å²) < 4.78 is 0. The molecule has 1 aromatic heterocycles. The van der Waals surface area contributed by atoms with Gasteiger partial charge in [0.1, 0.15) is 5.82 Å². The van der Waals surface area contributed by atoms with Crippen LogP contribution in [0.1, 0.15) is 13.3 Å². The minimum Gasteiger partial charge on any atom is -0.481 e. The van der Waals surface area contributed by atoms with Crippen molar-refractivity contribution in [2.75, 3.05) is 18.5 Å². The number of nitrogens with one attached hydrogen (secondary N) is 1. The summed E-state index contributed by atoms with van der Waals surface area (Å²) >= 11 is 0. The van der Waals surface area contributed by atoms with Crippen LogP contribution in [0.3, 0.4) is 0 Å². The summed E-state index contributed by atoms with van der Waals surface area (Å²) in [5, 5.41) is 8.60. The van der Waals surface area contributed by atoms with E-state index in [1.165, 1.54) is 0 Å². The average Bonchev–Trinajstić information content (AvgIpc) is 2.53. The Balaban J connectivity index is 2.41. The molecule has 1 aromatic rings. The van der Waals surface area contributed by atoms with Crippen LogP contribution in [-0.4, -0.2) is 29.7 Å². The monoisotopic (exact) mass is 196 g/mol. The van der Waals surface area contributed by atoms with Gasteiger partial charge in [-0.2, -0.15) is 0 Å². The molecule has 4 heteroatoms. The van der Waals surface area contributed by atoms with Gasteiger partial charge >= 0.3 is 5.97 Å². The highest BCUT2D eigenvalue weighted by Crippen LogP contribution is 2.11. The van der Waals surface area contributed by atoms with Gasteiger partial charge in [0, 0.05) is 26.2 Å². The predicted molar refractivity (Wildman–Crippen MR) is 55.5 cm³/mol. The van der Waals surface area contributed by atoms with Gasteiger partial charge in [-0.05, 0) is 18.1 Å². The van der Waals surface area contributed by atoms with Crippen molar-refractivity contribution in [2.45, 2.75) is 13.3 Å². The van der Waals surface area contributed by atoms with E-state index < -0.39 is 5.97 Å². The Morgan fingerprint density at radius 1 is 1.71 bits per heavy atom. The van der Waals surface area contributed by atoms with Gasteiger partial charge in [-0.1, -0.05) is 6.92 Å². The van der Waals surface area contributed by atoms with E-state index in [9.17, 15) is 4.79 Å². The number of rotatable bonds is 5. The normalized spacial score (nSPS) is 12.4. The maximum Gasteiger partial charge on any atom is 0.303 e. The van der Waals surface area contributed by atoms with Crippen molar-refractivity contribution in [1.82, 2.24) is 4.98 Å². The van der Waals surface area contributed by atoms with Crippen LogP contribution in [0.15, 0.2) is 18.3 Å². The summed E-state index contributed by atoms with van der Waals surface area (Å²) in [6.45, 7) is 2.68. The minimum atomic E-state index is -0.739. The number of carboxylic acids is 1. The van der Waals surface area contributed by atoms with Crippen molar-refractivity contribution >= 4 is 11.8 Å². The molecule has 0 spiro atoms. The zero-order valence-electron chi connectivity index (χ0n) is 8.53. The molecule has 2 N–H and O–H groups in total. The highest BCUT2D eigenvalue weighted by molar-refractivity contribution is 5.67. The third-order valence-corrected chi connectivity index (χ3v) is 2.10. The van der Waals surface area contributed by atoms with Crippen LogP contribution in [-0.2, 0) is 4.79 Å². The number of hydrogen-bond acceptors (Lipinski definition) is 2. The maximum absolute atomic E-state index is 10.5. The van der Waals surface area contributed by atoms with Gasteiger partial charge in [0.15, 0.2) is 0 Å². The lowest BCUT2D eigenvalue weighted by molar-refractivity contribution is -0.137. The Morgan fingerprint density at radius 3 is 2.93 bits per heavy atom. The van der Waals surface area contributed by atoms with Crippen LogP contribution in [0.5, 0.6) is 0 Å². The van der Waals surface area contributed by atoms with E-state index in [0.717, 1.165) is 12.4 Å². The fourth-order valence-electron chi connectivity index (χ4n) is 1.49. The predicted octanol–water partition coefficient (Wildman–Crippen LogP) is 1.56. The molecular formula is C10H16N2O2. The summed E-state index contributed by atoms with van der Waals surface area (Å²) in [7, 11) is 1.95. The van der Waals surface area contributed by atoms with Gasteiger partial charge in [0.25, 0.3) is 0 Å². The Hall–Kier alpha value is -1.45. The molecule has 0 saturated carbocycles. The molecule has 0 saturated heterocycles. The molecule has 0 amide bonds.